The summed E-state index contributed by atoms with van der Waals surface area (Å²) in [6.07, 6.45) is 1.63. The second kappa shape index (κ2) is 2.97. The topological polar surface area (TPSA) is 26.0 Å². The van der Waals surface area contributed by atoms with Crippen molar-refractivity contribution in [3.63, 3.8) is 0 Å². The van der Waals surface area contributed by atoms with Crippen molar-refractivity contribution >= 4 is 15.9 Å². The standard InChI is InChI=1S/C6H11BrFN/c7-4-1-2-6(9)5(8)3-4/h4-6H,1-3,9H2/t4-,5+,6+/m0/s1. The molecule has 0 aliphatic heterocycles. The number of rotatable bonds is 0. The summed E-state index contributed by atoms with van der Waals surface area (Å²) in [6, 6.07) is -0.209. The maximum absolute atomic E-state index is 12.7. The van der Waals surface area contributed by atoms with Crippen molar-refractivity contribution in [3.05, 3.63) is 0 Å². The number of alkyl halides is 2. The predicted molar refractivity (Wildman–Crippen MR) is 39.4 cm³/mol. The molecule has 1 aliphatic rings. The molecule has 0 saturated heterocycles. The van der Waals surface area contributed by atoms with Gasteiger partial charge in [-0.05, 0) is 19.3 Å². The number of nitrogens with two attached hydrogens (primary N) is 1. The molecule has 54 valence electrons. The van der Waals surface area contributed by atoms with Crippen LogP contribution in [-0.2, 0) is 0 Å². The normalized spacial score (nSPS) is 45.0. The largest absolute Gasteiger partial charge is 0.325 e. The molecule has 2 N–H and O–H groups in total. The molecule has 3 heteroatoms. The number of halogens is 2. The summed E-state index contributed by atoms with van der Waals surface area (Å²) >= 11 is 3.36. The van der Waals surface area contributed by atoms with E-state index in [1.54, 1.807) is 0 Å². The van der Waals surface area contributed by atoms with Gasteiger partial charge in [0, 0.05) is 10.9 Å². The van der Waals surface area contributed by atoms with Crippen LogP contribution in [0, 0.1) is 0 Å². The van der Waals surface area contributed by atoms with E-state index in [-0.39, 0.29) is 6.04 Å². The van der Waals surface area contributed by atoms with Crippen molar-refractivity contribution in [1.82, 2.24) is 0 Å². The van der Waals surface area contributed by atoms with E-state index >= 15 is 0 Å². The lowest BCUT2D eigenvalue weighted by atomic mass is 9.94. The second-order valence-corrected chi connectivity index (χ2v) is 3.89. The van der Waals surface area contributed by atoms with Crippen molar-refractivity contribution < 1.29 is 4.39 Å². The summed E-state index contributed by atoms with van der Waals surface area (Å²) in [6.45, 7) is 0. The maximum atomic E-state index is 12.7. The Labute approximate surface area is 62.9 Å². The molecule has 0 spiro atoms. The molecule has 0 amide bonds. The molecule has 3 atom stereocenters. The number of hydrogen-bond donors (Lipinski definition) is 1. The summed E-state index contributed by atoms with van der Waals surface area (Å²) < 4.78 is 12.7. The van der Waals surface area contributed by atoms with E-state index in [1.165, 1.54) is 0 Å². The Kier molecular flexibility index (Phi) is 2.47. The molecule has 0 radical (unpaired) electrons. The molecule has 1 rings (SSSR count). The van der Waals surface area contributed by atoms with E-state index < -0.39 is 6.17 Å². The van der Waals surface area contributed by atoms with Crippen LogP contribution in [0.4, 0.5) is 4.39 Å². The molecular weight excluding hydrogens is 185 g/mol. The summed E-state index contributed by atoms with van der Waals surface area (Å²) in [4.78, 5) is 0.354. The van der Waals surface area contributed by atoms with E-state index in [1.807, 2.05) is 0 Å². The maximum Gasteiger partial charge on any atom is 0.116 e. The third kappa shape index (κ3) is 1.90. The van der Waals surface area contributed by atoms with Crippen LogP contribution in [0.5, 0.6) is 0 Å². The zero-order valence-electron chi connectivity index (χ0n) is 5.19. The van der Waals surface area contributed by atoms with E-state index in [4.69, 9.17) is 5.73 Å². The molecule has 9 heavy (non-hydrogen) atoms. The SMILES string of the molecule is N[C@@H]1CC[C@H](Br)C[C@H]1F. The first-order valence-corrected chi connectivity index (χ1v) is 4.15. The van der Waals surface area contributed by atoms with E-state index in [0.29, 0.717) is 11.2 Å². The molecule has 0 aromatic carbocycles. The van der Waals surface area contributed by atoms with Crippen LogP contribution in [0.2, 0.25) is 0 Å². The Morgan fingerprint density at radius 1 is 1.44 bits per heavy atom. The molecular formula is C6H11BrFN. The first-order valence-electron chi connectivity index (χ1n) is 3.24. The van der Waals surface area contributed by atoms with Crippen LogP contribution in [0.15, 0.2) is 0 Å². The van der Waals surface area contributed by atoms with E-state index in [0.717, 1.165) is 12.8 Å². The molecule has 0 bridgehead atoms. The van der Waals surface area contributed by atoms with Crippen LogP contribution in [0.25, 0.3) is 0 Å². The van der Waals surface area contributed by atoms with Crippen molar-refractivity contribution in [2.45, 2.75) is 36.3 Å². The lowest BCUT2D eigenvalue weighted by Gasteiger charge is -2.25. The van der Waals surface area contributed by atoms with Crippen LogP contribution in [-0.4, -0.2) is 17.0 Å². The van der Waals surface area contributed by atoms with Gasteiger partial charge in [-0.2, -0.15) is 0 Å². The van der Waals surface area contributed by atoms with Gasteiger partial charge in [-0.3, -0.25) is 0 Å². The Morgan fingerprint density at radius 3 is 2.56 bits per heavy atom. The third-order valence-corrected chi connectivity index (χ3v) is 2.59. The molecule has 0 aromatic rings. The van der Waals surface area contributed by atoms with Gasteiger partial charge in [0.15, 0.2) is 0 Å². The minimum absolute atomic E-state index is 0.209. The lowest BCUT2D eigenvalue weighted by Crippen LogP contribution is -2.37. The molecule has 0 aromatic heterocycles. The minimum Gasteiger partial charge on any atom is -0.325 e. The summed E-state index contributed by atoms with van der Waals surface area (Å²) in [5, 5.41) is 0. The molecule has 1 aliphatic carbocycles. The van der Waals surface area contributed by atoms with Crippen LogP contribution in [0.3, 0.4) is 0 Å². The van der Waals surface area contributed by atoms with Crippen LogP contribution in [0.1, 0.15) is 19.3 Å². The molecule has 0 heterocycles. The minimum atomic E-state index is -0.789. The first-order chi connectivity index (χ1) is 4.20. The quantitative estimate of drug-likeness (QED) is 0.585. The fourth-order valence-corrected chi connectivity index (χ4v) is 1.71. The highest BCUT2D eigenvalue weighted by Crippen LogP contribution is 2.25. The summed E-state index contributed by atoms with van der Waals surface area (Å²) in [5.41, 5.74) is 5.44. The fraction of sp³-hybridized carbons (Fsp3) is 1.00. The van der Waals surface area contributed by atoms with Gasteiger partial charge >= 0.3 is 0 Å². The second-order valence-electron chi connectivity index (χ2n) is 2.59. The van der Waals surface area contributed by atoms with Crippen LogP contribution >= 0.6 is 15.9 Å². The predicted octanol–water partition coefficient (Wildman–Crippen LogP) is 1.60. The fourth-order valence-electron chi connectivity index (χ4n) is 1.09. The van der Waals surface area contributed by atoms with Gasteiger partial charge in [0.2, 0.25) is 0 Å². The molecule has 1 fully saturated rings. The molecule has 0 unspecified atom stereocenters. The number of hydrogen-bond acceptors (Lipinski definition) is 1. The van der Waals surface area contributed by atoms with Gasteiger partial charge in [0.1, 0.15) is 6.17 Å². The van der Waals surface area contributed by atoms with Gasteiger partial charge in [-0.25, -0.2) is 4.39 Å². The van der Waals surface area contributed by atoms with Gasteiger partial charge in [0.05, 0.1) is 0 Å². The van der Waals surface area contributed by atoms with Crippen molar-refractivity contribution in [1.29, 1.82) is 0 Å². The van der Waals surface area contributed by atoms with Gasteiger partial charge in [-0.1, -0.05) is 15.9 Å². The summed E-state index contributed by atoms with van der Waals surface area (Å²) in [7, 11) is 0. The summed E-state index contributed by atoms with van der Waals surface area (Å²) in [5.74, 6) is 0. The smallest absolute Gasteiger partial charge is 0.116 e. The van der Waals surface area contributed by atoms with Crippen LogP contribution < -0.4 is 5.73 Å². The van der Waals surface area contributed by atoms with Crippen molar-refractivity contribution in [2.24, 2.45) is 5.73 Å². The van der Waals surface area contributed by atoms with Gasteiger partial charge < -0.3 is 5.73 Å². The highest BCUT2D eigenvalue weighted by atomic mass is 79.9. The Bertz CT molecular complexity index is 99.1. The third-order valence-electron chi connectivity index (χ3n) is 1.76. The average Bonchev–Trinajstić information content (AvgIpc) is 1.80. The Morgan fingerprint density at radius 2 is 2.11 bits per heavy atom. The average molecular weight is 196 g/mol. The zero-order valence-corrected chi connectivity index (χ0v) is 6.77. The van der Waals surface area contributed by atoms with Crippen molar-refractivity contribution in [2.75, 3.05) is 0 Å². The van der Waals surface area contributed by atoms with E-state index in [2.05, 4.69) is 15.9 Å². The molecule has 1 nitrogen and oxygen atoms in total. The Balaban J connectivity index is 2.35. The monoisotopic (exact) mass is 195 g/mol. The first kappa shape index (κ1) is 7.48. The van der Waals surface area contributed by atoms with E-state index in [9.17, 15) is 4.39 Å². The highest BCUT2D eigenvalue weighted by Gasteiger charge is 2.25. The lowest BCUT2D eigenvalue weighted by molar-refractivity contribution is 0.224. The molecule has 1 saturated carbocycles. The van der Waals surface area contributed by atoms with Gasteiger partial charge in [0.25, 0.3) is 0 Å². The Hall–Kier alpha value is 0.370. The highest BCUT2D eigenvalue weighted by molar-refractivity contribution is 9.09. The van der Waals surface area contributed by atoms with Gasteiger partial charge in [-0.15, -0.1) is 0 Å². The zero-order chi connectivity index (χ0) is 6.85. The van der Waals surface area contributed by atoms with Crippen molar-refractivity contribution in [3.8, 4) is 0 Å².